The maximum Gasteiger partial charge on any atom is 0.289 e. The minimum absolute atomic E-state index is 0.0939. The molecule has 6 heteroatoms. The molecule has 1 amide bonds. The molecule has 0 unspecified atom stereocenters. The fraction of sp³-hybridized carbons (Fsp3) is 0.500. The number of furan rings is 1. The van der Waals surface area contributed by atoms with Gasteiger partial charge in [0, 0.05) is 18.5 Å². The van der Waals surface area contributed by atoms with Crippen LogP contribution in [0.4, 0.5) is 0 Å². The molecule has 0 saturated carbocycles. The average Bonchev–Trinajstić information content (AvgIpc) is 2.97. The fourth-order valence-corrected chi connectivity index (χ4v) is 5.39. The van der Waals surface area contributed by atoms with E-state index in [9.17, 15) is 13.2 Å². The normalized spacial score (nSPS) is 19.1. The summed E-state index contributed by atoms with van der Waals surface area (Å²) in [6.45, 7) is 4.63. The average molecular weight is 349 g/mol. The van der Waals surface area contributed by atoms with E-state index in [2.05, 4.69) is 0 Å². The molecule has 130 valence electrons. The number of carbonyl (C=O) groups is 1. The minimum atomic E-state index is -3.18. The molecule has 24 heavy (non-hydrogen) atoms. The largest absolute Gasteiger partial charge is 0.451 e. The summed E-state index contributed by atoms with van der Waals surface area (Å²) < 4.78 is 30.6. The second-order valence-corrected chi connectivity index (χ2v) is 9.21. The second-order valence-electron chi connectivity index (χ2n) is 6.89. The minimum Gasteiger partial charge on any atom is -0.451 e. The molecule has 0 N–H and O–H groups in total. The monoisotopic (exact) mass is 349 g/mol. The van der Waals surface area contributed by atoms with Crippen molar-refractivity contribution in [3.05, 3.63) is 36.1 Å². The van der Waals surface area contributed by atoms with Gasteiger partial charge in [-0.25, -0.2) is 8.42 Å². The van der Waals surface area contributed by atoms with Gasteiger partial charge < -0.3 is 9.32 Å². The van der Waals surface area contributed by atoms with Crippen molar-refractivity contribution in [1.29, 1.82) is 0 Å². The van der Waals surface area contributed by atoms with Gasteiger partial charge in [-0.05, 0) is 30.9 Å². The van der Waals surface area contributed by atoms with Crippen molar-refractivity contribution >= 4 is 26.7 Å². The molecule has 1 fully saturated rings. The number of piperidine rings is 1. The molecule has 1 atom stereocenters. The zero-order valence-electron chi connectivity index (χ0n) is 14.1. The number of hydrogen-bond donors (Lipinski definition) is 0. The van der Waals surface area contributed by atoms with Gasteiger partial charge in [-0.1, -0.05) is 32.0 Å². The van der Waals surface area contributed by atoms with Crippen LogP contribution in [-0.2, 0) is 9.84 Å². The number of sulfone groups is 1. The lowest BCUT2D eigenvalue weighted by molar-refractivity contribution is 0.0697. The number of fused-ring (bicyclic) bond motifs is 1. The second kappa shape index (κ2) is 6.59. The quantitative estimate of drug-likeness (QED) is 0.850. The van der Waals surface area contributed by atoms with Crippen LogP contribution in [-0.4, -0.2) is 43.3 Å². The number of amides is 1. The molecule has 0 radical (unpaired) electrons. The number of benzene rings is 1. The number of hydrogen-bond acceptors (Lipinski definition) is 4. The lowest BCUT2D eigenvalue weighted by Gasteiger charge is -2.32. The van der Waals surface area contributed by atoms with E-state index in [0.717, 1.165) is 5.39 Å². The molecule has 1 aliphatic heterocycles. The molecule has 2 heterocycles. The first kappa shape index (κ1) is 17.0. The van der Waals surface area contributed by atoms with Gasteiger partial charge in [-0.2, -0.15) is 0 Å². The first-order valence-electron chi connectivity index (χ1n) is 8.36. The first-order chi connectivity index (χ1) is 11.4. The highest BCUT2D eigenvalue weighted by Crippen LogP contribution is 2.24. The summed E-state index contributed by atoms with van der Waals surface area (Å²) in [4.78, 5) is 14.3. The van der Waals surface area contributed by atoms with Gasteiger partial charge in [-0.3, -0.25) is 4.79 Å². The van der Waals surface area contributed by atoms with Gasteiger partial charge in [0.15, 0.2) is 15.6 Å². The Balaban J connectivity index is 1.78. The van der Waals surface area contributed by atoms with Crippen molar-refractivity contribution < 1.29 is 17.6 Å². The summed E-state index contributed by atoms with van der Waals surface area (Å²) in [5, 5.41) is 0.406. The topological polar surface area (TPSA) is 67.6 Å². The molecule has 5 nitrogen and oxygen atoms in total. The maximum atomic E-state index is 12.7. The Kier molecular flexibility index (Phi) is 4.67. The van der Waals surface area contributed by atoms with E-state index in [-0.39, 0.29) is 29.9 Å². The maximum absolute atomic E-state index is 12.7. The van der Waals surface area contributed by atoms with E-state index in [4.69, 9.17) is 4.42 Å². The SMILES string of the molecule is CC(C)CS(=O)(=O)[C@H]1CCCN(C(=O)c2cc3ccccc3o2)C1. The molecular formula is C18H23NO4S. The predicted octanol–water partition coefficient (Wildman–Crippen LogP) is 3.11. The smallest absolute Gasteiger partial charge is 0.289 e. The van der Waals surface area contributed by atoms with Crippen molar-refractivity contribution in [3.8, 4) is 0 Å². The van der Waals surface area contributed by atoms with E-state index in [1.165, 1.54) is 0 Å². The fourth-order valence-electron chi connectivity index (χ4n) is 3.26. The highest BCUT2D eigenvalue weighted by Gasteiger charge is 2.34. The van der Waals surface area contributed by atoms with Crippen LogP contribution < -0.4 is 0 Å². The van der Waals surface area contributed by atoms with Crippen LogP contribution in [0.1, 0.15) is 37.2 Å². The van der Waals surface area contributed by atoms with Crippen LogP contribution in [0, 0.1) is 5.92 Å². The summed E-state index contributed by atoms with van der Waals surface area (Å²) in [6.07, 6.45) is 1.33. The number of para-hydroxylation sites is 1. The Labute approximate surface area is 142 Å². The Morgan fingerprint density at radius 3 is 2.79 bits per heavy atom. The summed E-state index contributed by atoms with van der Waals surface area (Å²) in [5.41, 5.74) is 0.668. The summed E-state index contributed by atoms with van der Waals surface area (Å²) in [6, 6.07) is 9.18. The molecule has 1 aromatic carbocycles. The molecule has 0 bridgehead atoms. The summed E-state index contributed by atoms with van der Waals surface area (Å²) >= 11 is 0. The lowest BCUT2D eigenvalue weighted by Crippen LogP contribution is -2.46. The molecule has 1 aromatic heterocycles. The highest BCUT2D eigenvalue weighted by atomic mass is 32.2. The van der Waals surface area contributed by atoms with E-state index in [0.29, 0.717) is 25.0 Å². The molecule has 2 aromatic rings. The molecule has 0 aliphatic carbocycles. The van der Waals surface area contributed by atoms with Crippen LogP contribution >= 0.6 is 0 Å². The van der Waals surface area contributed by atoms with Gasteiger partial charge in [0.05, 0.1) is 11.0 Å². The molecule has 1 aliphatic rings. The highest BCUT2D eigenvalue weighted by molar-refractivity contribution is 7.92. The van der Waals surface area contributed by atoms with Crippen molar-refractivity contribution in [1.82, 2.24) is 4.90 Å². The van der Waals surface area contributed by atoms with Crippen molar-refractivity contribution in [2.75, 3.05) is 18.8 Å². The third kappa shape index (κ3) is 3.48. The third-order valence-corrected chi connectivity index (χ3v) is 6.91. The van der Waals surface area contributed by atoms with Gasteiger partial charge in [0.25, 0.3) is 5.91 Å². The number of carbonyl (C=O) groups excluding carboxylic acids is 1. The van der Waals surface area contributed by atoms with Crippen LogP contribution in [0.25, 0.3) is 11.0 Å². The third-order valence-electron chi connectivity index (χ3n) is 4.38. The number of nitrogens with zero attached hydrogens (tertiary/aromatic N) is 1. The number of likely N-dealkylation sites (tertiary alicyclic amines) is 1. The van der Waals surface area contributed by atoms with Gasteiger partial charge >= 0.3 is 0 Å². The Morgan fingerprint density at radius 1 is 1.33 bits per heavy atom. The predicted molar refractivity (Wildman–Crippen MR) is 93.8 cm³/mol. The van der Waals surface area contributed by atoms with Crippen LogP contribution in [0.2, 0.25) is 0 Å². The summed E-state index contributed by atoms with van der Waals surface area (Å²) in [7, 11) is -3.18. The molecule has 3 rings (SSSR count). The molecule has 0 spiro atoms. The van der Waals surface area contributed by atoms with Crippen LogP contribution in [0.3, 0.4) is 0 Å². The standard InChI is InChI=1S/C18H23NO4S/c1-13(2)12-24(21,22)15-7-5-9-19(11-15)18(20)17-10-14-6-3-4-8-16(14)23-17/h3-4,6,8,10,13,15H,5,7,9,11-12H2,1-2H3/t15-/m0/s1. The van der Waals surface area contributed by atoms with Gasteiger partial charge in [-0.15, -0.1) is 0 Å². The number of rotatable bonds is 4. The van der Waals surface area contributed by atoms with E-state index < -0.39 is 15.1 Å². The van der Waals surface area contributed by atoms with E-state index in [1.54, 1.807) is 11.0 Å². The zero-order chi connectivity index (χ0) is 17.3. The van der Waals surface area contributed by atoms with Crippen molar-refractivity contribution in [2.24, 2.45) is 5.92 Å². The Bertz CT molecular complexity index is 805. The molecule has 1 saturated heterocycles. The lowest BCUT2D eigenvalue weighted by atomic mass is 10.1. The van der Waals surface area contributed by atoms with Crippen molar-refractivity contribution in [2.45, 2.75) is 31.9 Å². The Morgan fingerprint density at radius 2 is 2.08 bits per heavy atom. The van der Waals surface area contributed by atoms with E-state index >= 15 is 0 Å². The first-order valence-corrected chi connectivity index (χ1v) is 10.1. The van der Waals surface area contributed by atoms with Crippen LogP contribution in [0.15, 0.2) is 34.7 Å². The van der Waals surface area contributed by atoms with Crippen LogP contribution in [0.5, 0.6) is 0 Å². The zero-order valence-corrected chi connectivity index (χ0v) is 14.9. The Hall–Kier alpha value is -1.82. The van der Waals surface area contributed by atoms with E-state index in [1.807, 2.05) is 38.1 Å². The molecular weight excluding hydrogens is 326 g/mol. The van der Waals surface area contributed by atoms with Crippen molar-refractivity contribution in [3.63, 3.8) is 0 Å². The summed E-state index contributed by atoms with van der Waals surface area (Å²) in [5.74, 6) is 0.315. The van der Waals surface area contributed by atoms with Gasteiger partial charge in [0.1, 0.15) is 5.58 Å². The van der Waals surface area contributed by atoms with Gasteiger partial charge in [0.2, 0.25) is 0 Å².